The van der Waals surface area contributed by atoms with Crippen LogP contribution in [-0.2, 0) is 26.1 Å². The van der Waals surface area contributed by atoms with E-state index >= 15 is 0 Å². The second-order valence-corrected chi connectivity index (χ2v) is 11.9. The van der Waals surface area contributed by atoms with Crippen molar-refractivity contribution in [2.45, 2.75) is 23.0 Å². The predicted molar refractivity (Wildman–Crippen MR) is 108 cm³/mol. The van der Waals surface area contributed by atoms with Crippen LogP contribution in [0.3, 0.4) is 0 Å². The van der Waals surface area contributed by atoms with E-state index in [9.17, 15) is 21.6 Å². The SMILES string of the molecule is O=C(c1cc(S(=O)(=O)C2CCS(=O)(=O)C2)ccc1Cl)N1CCc2ccccc21. The molecule has 0 saturated carbocycles. The summed E-state index contributed by atoms with van der Waals surface area (Å²) in [6.45, 7) is 0.492. The van der Waals surface area contributed by atoms with Crippen molar-refractivity contribution in [3.05, 3.63) is 58.6 Å². The summed E-state index contributed by atoms with van der Waals surface area (Å²) >= 11 is 6.21. The van der Waals surface area contributed by atoms with Crippen molar-refractivity contribution in [3.63, 3.8) is 0 Å². The molecular formula is C19H18ClNO5S2. The van der Waals surface area contributed by atoms with Crippen LogP contribution in [-0.4, -0.2) is 46.0 Å². The number of fused-ring (bicyclic) bond motifs is 1. The number of hydrogen-bond acceptors (Lipinski definition) is 5. The molecule has 6 nitrogen and oxygen atoms in total. The van der Waals surface area contributed by atoms with Crippen LogP contribution in [0, 0.1) is 0 Å². The summed E-state index contributed by atoms with van der Waals surface area (Å²) < 4.78 is 49.2. The number of sulfone groups is 2. The van der Waals surface area contributed by atoms with E-state index in [1.807, 2.05) is 24.3 Å². The lowest BCUT2D eigenvalue weighted by molar-refractivity contribution is 0.0989. The lowest BCUT2D eigenvalue weighted by Gasteiger charge is -2.19. The normalized spacial score (nSPS) is 20.9. The van der Waals surface area contributed by atoms with Crippen LogP contribution in [0.2, 0.25) is 5.02 Å². The Morgan fingerprint density at radius 3 is 2.61 bits per heavy atom. The lowest BCUT2D eigenvalue weighted by atomic mass is 10.1. The van der Waals surface area contributed by atoms with E-state index in [0.717, 1.165) is 17.7 Å². The third-order valence-corrected chi connectivity index (χ3v) is 9.76. The first-order chi connectivity index (χ1) is 13.2. The van der Waals surface area contributed by atoms with Crippen LogP contribution in [0.5, 0.6) is 0 Å². The summed E-state index contributed by atoms with van der Waals surface area (Å²) in [5.74, 6) is -0.896. The van der Waals surface area contributed by atoms with E-state index in [1.54, 1.807) is 4.90 Å². The van der Waals surface area contributed by atoms with E-state index in [2.05, 4.69) is 0 Å². The number of nitrogens with zero attached hydrogens (tertiary/aromatic N) is 1. The maximum Gasteiger partial charge on any atom is 0.259 e. The predicted octanol–water partition coefficient (Wildman–Crippen LogP) is 2.50. The van der Waals surface area contributed by atoms with Crippen molar-refractivity contribution in [2.24, 2.45) is 0 Å². The number of hydrogen-bond donors (Lipinski definition) is 0. The van der Waals surface area contributed by atoms with Crippen LogP contribution in [0.15, 0.2) is 47.4 Å². The van der Waals surface area contributed by atoms with Gasteiger partial charge in [0.15, 0.2) is 19.7 Å². The Balaban J connectivity index is 1.70. The molecule has 0 aromatic heterocycles. The molecule has 2 aromatic rings. The Morgan fingerprint density at radius 1 is 1.14 bits per heavy atom. The minimum Gasteiger partial charge on any atom is -0.308 e. The van der Waals surface area contributed by atoms with Crippen molar-refractivity contribution in [3.8, 4) is 0 Å². The topological polar surface area (TPSA) is 88.6 Å². The Labute approximate surface area is 169 Å². The maximum absolute atomic E-state index is 13.1. The summed E-state index contributed by atoms with van der Waals surface area (Å²) in [6.07, 6.45) is 0.785. The van der Waals surface area contributed by atoms with E-state index in [0.29, 0.717) is 6.54 Å². The first-order valence-electron chi connectivity index (χ1n) is 8.83. The fourth-order valence-electron chi connectivity index (χ4n) is 3.74. The van der Waals surface area contributed by atoms with Gasteiger partial charge >= 0.3 is 0 Å². The first kappa shape index (κ1) is 19.4. The Bertz CT molecular complexity index is 1170. The molecule has 0 N–H and O–H groups in total. The van der Waals surface area contributed by atoms with Crippen LogP contribution in [0.4, 0.5) is 5.69 Å². The van der Waals surface area contributed by atoms with E-state index in [-0.39, 0.29) is 39.3 Å². The highest BCUT2D eigenvalue weighted by atomic mass is 35.5. The van der Waals surface area contributed by atoms with Gasteiger partial charge in [-0.3, -0.25) is 4.79 Å². The smallest absolute Gasteiger partial charge is 0.259 e. The van der Waals surface area contributed by atoms with Gasteiger partial charge in [0.2, 0.25) is 0 Å². The number of benzene rings is 2. The van der Waals surface area contributed by atoms with Gasteiger partial charge in [0.1, 0.15) is 0 Å². The Hall–Kier alpha value is -1.90. The summed E-state index contributed by atoms with van der Waals surface area (Å²) in [6, 6.07) is 11.5. The number of rotatable bonds is 3. The number of halogens is 1. The van der Waals surface area contributed by atoms with Gasteiger partial charge in [0.25, 0.3) is 5.91 Å². The zero-order chi connectivity index (χ0) is 20.1. The van der Waals surface area contributed by atoms with Crippen LogP contribution in [0.25, 0.3) is 0 Å². The highest BCUT2D eigenvalue weighted by Crippen LogP contribution is 2.32. The molecule has 28 heavy (non-hydrogen) atoms. The van der Waals surface area contributed by atoms with Crippen molar-refractivity contribution in [1.29, 1.82) is 0 Å². The zero-order valence-corrected chi connectivity index (χ0v) is 17.2. The highest BCUT2D eigenvalue weighted by Gasteiger charge is 2.38. The molecule has 2 aromatic carbocycles. The molecule has 0 aliphatic carbocycles. The standard InChI is InChI=1S/C19H18ClNO5S2/c20-17-6-5-14(28(25,26)15-8-10-27(23,24)12-15)11-16(17)19(22)21-9-7-13-3-1-2-4-18(13)21/h1-6,11,15H,7-10,12H2. The summed E-state index contributed by atoms with van der Waals surface area (Å²) in [7, 11) is -7.22. The molecule has 4 rings (SSSR count). The van der Waals surface area contributed by atoms with Gasteiger partial charge in [-0.05, 0) is 42.7 Å². The number of amides is 1. The average molecular weight is 440 g/mol. The molecule has 0 radical (unpaired) electrons. The van der Waals surface area contributed by atoms with Crippen LogP contribution in [0.1, 0.15) is 22.3 Å². The third kappa shape index (κ3) is 3.33. The van der Waals surface area contributed by atoms with E-state index in [4.69, 9.17) is 11.6 Å². The van der Waals surface area contributed by atoms with Gasteiger partial charge in [0.05, 0.1) is 32.2 Å². The van der Waals surface area contributed by atoms with Crippen molar-refractivity contribution < 1.29 is 21.6 Å². The van der Waals surface area contributed by atoms with Gasteiger partial charge in [-0.25, -0.2) is 16.8 Å². The molecule has 148 valence electrons. The monoisotopic (exact) mass is 439 g/mol. The zero-order valence-electron chi connectivity index (χ0n) is 14.8. The minimum atomic E-state index is -3.88. The van der Waals surface area contributed by atoms with Crippen molar-refractivity contribution >= 4 is 42.9 Å². The lowest BCUT2D eigenvalue weighted by Crippen LogP contribution is -2.29. The molecule has 9 heteroatoms. The quantitative estimate of drug-likeness (QED) is 0.733. The summed E-state index contributed by atoms with van der Waals surface area (Å²) in [4.78, 5) is 14.6. The van der Waals surface area contributed by atoms with Crippen molar-refractivity contribution in [2.75, 3.05) is 23.0 Å². The van der Waals surface area contributed by atoms with Crippen LogP contribution < -0.4 is 4.90 Å². The molecule has 0 bridgehead atoms. The molecule has 1 amide bonds. The fraction of sp³-hybridized carbons (Fsp3) is 0.316. The summed E-state index contributed by atoms with van der Waals surface area (Å²) in [5, 5.41) is -0.832. The highest BCUT2D eigenvalue weighted by molar-refractivity contribution is 7.96. The van der Waals surface area contributed by atoms with Crippen molar-refractivity contribution in [1.82, 2.24) is 0 Å². The Morgan fingerprint density at radius 2 is 1.89 bits per heavy atom. The Kier molecular flexibility index (Phi) is 4.76. The van der Waals surface area contributed by atoms with Gasteiger partial charge in [0, 0.05) is 12.2 Å². The molecule has 1 unspecified atom stereocenters. The average Bonchev–Trinajstić information content (AvgIpc) is 3.25. The first-order valence-corrected chi connectivity index (χ1v) is 12.6. The van der Waals surface area contributed by atoms with Gasteiger partial charge < -0.3 is 4.90 Å². The molecule has 2 heterocycles. The molecule has 0 spiro atoms. The molecule has 2 aliphatic rings. The fourth-order valence-corrected chi connectivity index (χ4v) is 8.32. The molecule has 1 saturated heterocycles. The van der Waals surface area contributed by atoms with E-state index in [1.165, 1.54) is 18.2 Å². The molecule has 2 aliphatic heterocycles. The largest absolute Gasteiger partial charge is 0.308 e. The molecule has 1 atom stereocenters. The molecule has 1 fully saturated rings. The molecular weight excluding hydrogens is 422 g/mol. The number of carbonyl (C=O) groups is 1. The second kappa shape index (κ2) is 6.86. The summed E-state index contributed by atoms with van der Waals surface area (Å²) in [5.41, 5.74) is 1.94. The maximum atomic E-state index is 13.1. The van der Waals surface area contributed by atoms with E-state index < -0.39 is 24.9 Å². The number of para-hydroxylation sites is 1. The minimum absolute atomic E-state index is 0.0655. The van der Waals surface area contributed by atoms with Gasteiger partial charge in [-0.15, -0.1) is 0 Å². The number of anilines is 1. The third-order valence-electron chi connectivity index (χ3n) is 5.26. The van der Waals surface area contributed by atoms with Gasteiger partial charge in [-0.1, -0.05) is 29.8 Å². The second-order valence-electron chi connectivity index (χ2n) is 7.05. The number of carbonyl (C=O) groups excluding carboxylic acids is 1. The van der Waals surface area contributed by atoms with Gasteiger partial charge in [-0.2, -0.15) is 0 Å². The van der Waals surface area contributed by atoms with Crippen LogP contribution >= 0.6 is 11.6 Å².